The first-order chi connectivity index (χ1) is 15.3. The summed E-state index contributed by atoms with van der Waals surface area (Å²) in [5.41, 5.74) is 9.10. The Balaban J connectivity index is 1.75. The molecule has 0 fully saturated rings. The zero-order chi connectivity index (χ0) is 22.6. The average Bonchev–Trinajstić information content (AvgIpc) is 3.12. The second-order valence-electron chi connectivity index (χ2n) is 8.87. The Kier molecular flexibility index (Phi) is 4.81. The van der Waals surface area contributed by atoms with Crippen LogP contribution in [0.4, 0.5) is 4.39 Å². The van der Waals surface area contributed by atoms with Crippen molar-refractivity contribution >= 4 is 22.1 Å². The summed E-state index contributed by atoms with van der Waals surface area (Å²) >= 11 is 0. The summed E-state index contributed by atoms with van der Waals surface area (Å²) in [5.74, 6) is -0.0380. The lowest BCUT2D eigenvalue weighted by Crippen LogP contribution is -2.31. The van der Waals surface area contributed by atoms with E-state index >= 15 is 0 Å². The lowest BCUT2D eigenvalue weighted by molar-refractivity contribution is -0.660. The first kappa shape index (κ1) is 20.4. The molecule has 3 heterocycles. The van der Waals surface area contributed by atoms with E-state index in [-0.39, 0.29) is 0 Å². The molecule has 5 rings (SSSR count). The van der Waals surface area contributed by atoms with E-state index in [9.17, 15) is 4.39 Å². The lowest BCUT2D eigenvalue weighted by atomic mass is 9.94. The van der Waals surface area contributed by atoms with Gasteiger partial charge in [0.05, 0.1) is 5.56 Å². The van der Waals surface area contributed by atoms with Crippen LogP contribution in [0, 0.1) is 19.8 Å². The van der Waals surface area contributed by atoms with Gasteiger partial charge in [0.2, 0.25) is 17.4 Å². The molecule has 0 spiro atoms. The van der Waals surface area contributed by atoms with E-state index in [4.69, 9.17) is 4.42 Å². The molecule has 0 atom stereocenters. The molecule has 0 saturated heterocycles. The number of halogens is 1. The van der Waals surface area contributed by atoms with Gasteiger partial charge < -0.3 is 4.42 Å². The minimum absolute atomic E-state index is 0.325. The van der Waals surface area contributed by atoms with Crippen molar-refractivity contribution in [1.29, 1.82) is 0 Å². The highest BCUT2D eigenvalue weighted by atomic mass is 19.1. The van der Waals surface area contributed by atoms with E-state index in [1.165, 1.54) is 28.3 Å². The van der Waals surface area contributed by atoms with Crippen LogP contribution >= 0.6 is 0 Å². The van der Waals surface area contributed by atoms with Crippen molar-refractivity contribution in [2.45, 2.75) is 33.6 Å². The van der Waals surface area contributed by atoms with Gasteiger partial charge in [-0.15, -0.1) is 0 Å². The van der Waals surface area contributed by atoms with Gasteiger partial charge >= 0.3 is 0 Å². The predicted octanol–water partition coefficient (Wildman–Crippen LogP) is 7.02. The maximum Gasteiger partial charge on any atom is 0.229 e. The van der Waals surface area contributed by atoms with Crippen LogP contribution in [-0.2, 0) is 7.05 Å². The molecule has 0 bridgehead atoms. The average molecular weight is 426 g/mol. The highest BCUT2D eigenvalue weighted by Crippen LogP contribution is 2.37. The minimum atomic E-state index is -0.539. The Morgan fingerprint density at radius 2 is 1.62 bits per heavy atom. The number of hydrogen-bond acceptors (Lipinski definition) is 2. The zero-order valence-electron chi connectivity index (χ0n) is 19.0. The molecular formula is C28H26FN2O+. The van der Waals surface area contributed by atoms with E-state index in [1.807, 2.05) is 13.1 Å². The number of rotatable bonds is 3. The van der Waals surface area contributed by atoms with Crippen LogP contribution in [0.1, 0.15) is 36.5 Å². The fourth-order valence-corrected chi connectivity index (χ4v) is 4.50. The fourth-order valence-electron chi connectivity index (χ4n) is 4.50. The monoisotopic (exact) mass is 425 g/mol. The Morgan fingerprint density at radius 3 is 2.34 bits per heavy atom. The molecule has 2 aromatic carbocycles. The van der Waals surface area contributed by atoms with Crippen LogP contribution in [0.15, 0.2) is 65.2 Å². The largest absolute Gasteiger partial charge is 0.437 e. The van der Waals surface area contributed by atoms with Gasteiger partial charge in [0, 0.05) is 22.4 Å². The highest BCUT2D eigenvalue weighted by Gasteiger charge is 2.23. The molecule has 4 heteroatoms. The molecular weight excluding hydrogens is 399 g/mol. The van der Waals surface area contributed by atoms with Gasteiger partial charge in [0.15, 0.2) is 11.8 Å². The van der Waals surface area contributed by atoms with Gasteiger partial charge in [-0.1, -0.05) is 50.2 Å². The van der Waals surface area contributed by atoms with Gasteiger partial charge in [-0.2, -0.15) is 9.37 Å². The third-order valence-corrected chi connectivity index (χ3v) is 6.30. The number of nitrogens with zero attached hydrogens (tertiary/aromatic N) is 2. The van der Waals surface area contributed by atoms with Crippen LogP contribution in [-0.4, -0.2) is 4.98 Å². The molecule has 3 nitrogen and oxygen atoms in total. The SMILES string of the molecule is Cc1c[n+](C)c(-c2c(C)ccc3c2oc2nc(F)ccc23)cc1-c1ccc(C(C)C)cc1. The van der Waals surface area contributed by atoms with Crippen LogP contribution in [0.3, 0.4) is 0 Å². The summed E-state index contributed by atoms with van der Waals surface area (Å²) < 4.78 is 22.0. The lowest BCUT2D eigenvalue weighted by Gasteiger charge is -2.11. The number of aryl methyl sites for hydroxylation is 3. The zero-order valence-corrected chi connectivity index (χ0v) is 19.0. The van der Waals surface area contributed by atoms with E-state index < -0.39 is 5.95 Å². The molecule has 5 aromatic rings. The van der Waals surface area contributed by atoms with E-state index in [1.54, 1.807) is 6.07 Å². The summed E-state index contributed by atoms with van der Waals surface area (Å²) in [4.78, 5) is 3.96. The standard InChI is InChI=1S/C28H26FN2O/c1-16(2)19-7-9-20(10-8-19)23-14-24(31(5)15-18(23)4)26-17(3)6-11-21-22-12-13-25(29)30-28(22)32-27(21)26/h6-16H,1-5H3/q+1. The fraction of sp³-hybridized carbons (Fsp3) is 0.214. The van der Waals surface area contributed by atoms with Crippen molar-refractivity contribution in [1.82, 2.24) is 4.98 Å². The minimum Gasteiger partial charge on any atom is -0.437 e. The number of aromatic nitrogens is 2. The molecule has 160 valence electrons. The van der Waals surface area contributed by atoms with Gasteiger partial charge in [-0.3, -0.25) is 0 Å². The van der Waals surface area contributed by atoms with E-state index in [0.29, 0.717) is 11.6 Å². The van der Waals surface area contributed by atoms with Gasteiger partial charge in [0.25, 0.3) is 0 Å². The highest BCUT2D eigenvalue weighted by molar-refractivity contribution is 6.08. The predicted molar refractivity (Wildman–Crippen MR) is 127 cm³/mol. The summed E-state index contributed by atoms with van der Waals surface area (Å²) in [6.07, 6.45) is 2.15. The van der Waals surface area contributed by atoms with Gasteiger partial charge in [-0.25, -0.2) is 4.57 Å². The molecule has 0 aliphatic rings. The smallest absolute Gasteiger partial charge is 0.229 e. The van der Waals surface area contributed by atoms with E-state index in [2.05, 4.69) is 79.8 Å². The Hall–Kier alpha value is -3.53. The second kappa shape index (κ2) is 7.56. The normalized spacial score (nSPS) is 11.7. The van der Waals surface area contributed by atoms with Crippen molar-refractivity contribution in [3.63, 3.8) is 0 Å². The van der Waals surface area contributed by atoms with Crippen LogP contribution in [0.5, 0.6) is 0 Å². The third-order valence-electron chi connectivity index (χ3n) is 6.30. The molecule has 0 N–H and O–H groups in total. The van der Waals surface area contributed by atoms with Crippen molar-refractivity contribution in [2.24, 2.45) is 7.05 Å². The van der Waals surface area contributed by atoms with E-state index in [0.717, 1.165) is 33.2 Å². The molecule has 3 aromatic heterocycles. The summed E-state index contributed by atoms with van der Waals surface area (Å²) in [7, 11) is 2.05. The quantitative estimate of drug-likeness (QED) is 0.230. The van der Waals surface area contributed by atoms with Crippen LogP contribution in [0.25, 0.3) is 44.5 Å². The molecule has 0 aliphatic heterocycles. The molecule has 0 saturated carbocycles. The molecule has 0 radical (unpaired) electrons. The topological polar surface area (TPSA) is 29.9 Å². The number of hydrogen-bond donors (Lipinski definition) is 0. The first-order valence-electron chi connectivity index (χ1n) is 10.9. The molecule has 0 unspecified atom stereocenters. The van der Waals surface area contributed by atoms with Crippen molar-refractivity contribution in [3.05, 3.63) is 83.4 Å². The Morgan fingerprint density at radius 1 is 0.906 bits per heavy atom. The van der Waals surface area contributed by atoms with Crippen molar-refractivity contribution in [2.75, 3.05) is 0 Å². The van der Waals surface area contributed by atoms with Crippen LogP contribution in [0.2, 0.25) is 0 Å². The Bertz CT molecular complexity index is 1480. The maximum absolute atomic E-state index is 13.7. The number of benzene rings is 2. The van der Waals surface area contributed by atoms with Gasteiger partial charge in [0.1, 0.15) is 7.05 Å². The van der Waals surface area contributed by atoms with Gasteiger partial charge in [-0.05, 0) is 54.2 Å². The van der Waals surface area contributed by atoms with Crippen molar-refractivity contribution in [3.8, 4) is 22.4 Å². The number of pyridine rings is 2. The summed E-state index contributed by atoms with van der Waals surface area (Å²) in [6.45, 7) is 8.63. The summed E-state index contributed by atoms with van der Waals surface area (Å²) in [6, 6.07) is 18.3. The maximum atomic E-state index is 13.7. The first-order valence-corrected chi connectivity index (χ1v) is 10.9. The number of furan rings is 1. The van der Waals surface area contributed by atoms with Crippen molar-refractivity contribution < 1.29 is 13.4 Å². The summed E-state index contributed by atoms with van der Waals surface area (Å²) in [5, 5.41) is 1.76. The molecule has 0 aliphatic carbocycles. The van der Waals surface area contributed by atoms with Crippen LogP contribution < -0.4 is 4.57 Å². The molecule has 32 heavy (non-hydrogen) atoms. The number of fused-ring (bicyclic) bond motifs is 3. The Labute approximate surface area is 187 Å². The second-order valence-corrected chi connectivity index (χ2v) is 8.87. The third kappa shape index (κ3) is 3.27. The molecule has 0 amide bonds.